The van der Waals surface area contributed by atoms with Gasteiger partial charge >= 0.3 is 5.97 Å². The van der Waals surface area contributed by atoms with Crippen LogP contribution < -0.4 is 16.8 Å². The molecule has 8 N–H and O–H groups in total. The Kier molecular flexibility index (Phi) is 7.09. The zero-order valence-corrected chi connectivity index (χ0v) is 8.19. The van der Waals surface area contributed by atoms with Gasteiger partial charge in [-0.1, -0.05) is 0 Å². The molecular weight excluding hydrogens is 206 g/mol. The molecule has 0 rings (SSSR count). The van der Waals surface area contributed by atoms with Crippen molar-refractivity contribution in [2.24, 2.45) is 11.5 Å². The molecule has 0 saturated heterocycles. The van der Waals surface area contributed by atoms with E-state index in [0.29, 0.717) is 0 Å². The molecule has 0 aromatic rings. The maximum absolute atomic E-state index is 11.1. The molecule has 0 aliphatic rings. The molecule has 0 radical (unpaired) electrons. The highest BCUT2D eigenvalue weighted by molar-refractivity contribution is 5.90. The zero-order valence-electron chi connectivity index (χ0n) is 8.19. The summed E-state index contributed by atoms with van der Waals surface area (Å²) >= 11 is 0. The molecule has 8 heteroatoms. The largest absolute Gasteiger partial charge is 0.481 e. The van der Waals surface area contributed by atoms with Gasteiger partial charge in [0, 0.05) is 0 Å². The van der Waals surface area contributed by atoms with Crippen molar-refractivity contribution in [1.82, 2.24) is 5.32 Å². The first-order valence-corrected chi connectivity index (χ1v) is 3.91. The van der Waals surface area contributed by atoms with Gasteiger partial charge in [-0.15, -0.1) is 0 Å². The van der Waals surface area contributed by atoms with Crippen LogP contribution in [0.1, 0.15) is 13.3 Å². The number of carbonyl (C=O) groups excluding carboxylic acids is 2. The lowest BCUT2D eigenvalue weighted by molar-refractivity contribution is -0.139. The second-order valence-corrected chi connectivity index (χ2v) is 2.84. The monoisotopic (exact) mass is 221 g/mol. The van der Waals surface area contributed by atoms with Gasteiger partial charge in [-0.2, -0.15) is 0 Å². The third-order valence-corrected chi connectivity index (χ3v) is 1.52. The van der Waals surface area contributed by atoms with Crippen molar-refractivity contribution < 1.29 is 25.0 Å². The Morgan fingerprint density at radius 2 is 1.87 bits per heavy atom. The smallest absolute Gasteiger partial charge is 0.305 e. The third-order valence-electron chi connectivity index (χ3n) is 1.52. The fourth-order valence-corrected chi connectivity index (χ4v) is 0.672. The van der Waals surface area contributed by atoms with Crippen molar-refractivity contribution in [3.63, 3.8) is 0 Å². The number of amides is 2. The van der Waals surface area contributed by atoms with Gasteiger partial charge in [0.1, 0.15) is 6.04 Å². The average Bonchev–Trinajstić information content (AvgIpc) is 2.02. The topological polar surface area (TPSA) is 167 Å². The molecule has 0 aliphatic heterocycles. The number of carbonyl (C=O) groups is 3. The van der Waals surface area contributed by atoms with Crippen molar-refractivity contribution in [3.8, 4) is 0 Å². The minimum atomic E-state index is -1.18. The highest BCUT2D eigenvalue weighted by Gasteiger charge is 2.20. The summed E-state index contributed by atoms with van der Waals surface area (Å²) in [5.74, 6) is -2.60. The second-order valence-electron chi connectivity index (χ2n) is 2.84. The maximum atomic E-state index is 11.1. The molecule has 0 aromatic heterocycles. The van der Waals surface area contributed by atoms with Crippen LogP contribution in [0.25, 0.3) is 0 Å². The van der Waals surface area contributed by atoms with Gasteiger partial charge in [0.25, 0.3) is 0 Å². The van der Waals surface area contributed by atoms with E-state index in [4.69, 9.17) is 16.6 Å². The number of carboxylic acid groups (broad SMARTS) is 1. The summed E-state index contributed by atoms with van der Waals surface area (Å²) in [5.41, 5.74) is 10.1. The van der Waals surface area contributed by atoms with Gasteiger partial charge in [-0.3, -0.25) is 14.4 Å². The molecule has 15 heavy (non-hydrogen) atoms. The quantitative estimate of drug-likeness (QED) is 0.386. The van der Waals surface area contributed by atoms with E-state index in [1.807, 2.05) is 0 Å². The Morgan fingerprint density at radius 1 is 1.40 bits per heavy atom. The summed E-state index contributed by atoms with van der Waals surface area (Å²) in [7, 11) is 0. The van der Waals surface area contributed by atoms with Gasteiger partial charge in [-0.25, -0.2) is 0 Å². The molecule has 0 unspecified atom stereocenters. The first-order valence-electron chi connectivity index (χ1n) is 3.91. The van der Waals surface area contributed by atoms with Gasteiger partial charge in [0.15, 0.2) is 0 Å². The van der Waals surface area contributed by atoms with Gasteiger partial charge in [-0.05, 0) is 6.92 Å². The standard InChI is InChI=1S/C7H13N3O4.H2O/c1-3(6(9)13)10-7(14)4(8)2-5(11)12;/h3-4H,2,8H2,1H3,(H2,9,13)(H,10,14)(H,11,12);1H2/t3-,4+;/m1./s1. The summed E-state index contributed by atoms with van der Waals surface area (Å²) in [4.78, 5) is 31.8. The second kappa shape index (κ2) is 6.74. The Bertz CT molecular complexity index is 255. The number of nitrogens with two attached hydrogens (primary N) is 2. The predicted octanol–water partition coefficient (Wildman–Crippen LogP) is -3.05. The van der Waals surface area contributed by atoms with Crippen LogP contribution in [0, 0.1) is 0 Å². The minimum Gasteiger partial charge on any atom is -0.481 e. The summed E-state index contributed by atoms with van der Waals surface area (Å²) < 4.78 is 0. The number of aliphatic carboxylic acids is 1. The Balaban J connectivity index is 0. The van der Waals surface area contributed by atoms with Crippen molar-refractivity contribution in [3.05, 3.63) is 0 Å². The molecular formula is C7H15N3O5. The highest BCUT2D eigenvalue weighted by Crippen LogP contribution is 1.90. The molecule has 0 aliphatic carbocycles. The molecule has 0 fully saturated rings. The Morgan fingerprint density at radius 3 is 2.20 bits per heavy atom. The van der Waals surface area contributed by atoms with E-state index in [1.54, 1.807) is 0 Å². The van der Waals surface area contributed by atoms with E-state index in [2.05, 4.69) is 5.32 Å². The average molecular weight is 221 g/mol. The normalized spacial score (nSPS) is 13.2. The Labute approximate surface area is 85.9 Å². The fraction of sp³-hybridized carbons (Fsp3) is 0.571. The molecule has 0 heterocycles. The van der Waals surface area contributed by atoms with E-state index in [1.165, 1.54) is 6.92 Å². The van der Waals surface area contributed by atoms with Crippen LogP contribution in [0.15, 0.2) is 0 Å². The number of hydrogen-bond donors (Lipinski definition) is 4. The predicted molar refractivity (Wildman–Crippen MR) is 50.6 cm³/mol. The number of primary amides is 1. The van der Waals surface area contributed by atoms with E-state index in [-0.39, 0.29) is 5.48 Å². The molecule has 0 aromatic carbocycles. The first-order chi connectivity index (χ1) is 6.34. The maximum Gasteiger partial charge on any atom is 0.305 e. The number of carboxylic acids is 1. The molecule has 2 atom stereocenters. The summed E-state index contributed by atoms with van der Waals surface area (Å²) in [6.45, 7) is 1.38. The van der Waals surface area contributed by atoms with Crippen molar-refractivity contribution in [1.29, 1.82) is 0 Å². The van der Waals surface area contributed by atoms with Crippen molar-refractivity contribution >= 4 is 17.8 Å². The summed E-state index contributed by atoms with van der Waals surface area (Å²) in [6.07, 6.45) is -0.489. The van der Waals surface area contributed by atoms with Crippen LogP contribution in [0.3, 0.4) is 0 Å². The van der Waals surface area contributed by atoms with E-state index >= 15 is 0 Å². The number of rotatable bonds is 5. The fourth-order valence-electron chi connectivity index (χ4n) is 0.672. The van der Waals surface area contributed by atoms with Gasteiger partial charge in [0.2, 0.25) is 11.8 Å². The van der Waals surface area contributed by atoms with Crippen molar-refractivity contribution in [2.45, 2.75) is 25.4 Å². The summed E-state index contributed by atoms with van der Waals surface area (Å²) in [6, 6.07) is -2.03. The van der Waals surface area contributed by atoms with Crippen LogP contribution in [0.5, 0.6) is 0 Å². The highest BCUT2D eigenvalue weighted by atomic mass is 16.4. The van der Waals surface area contributed by atoms with E-state index in [0.717, 1.165) is 0 Å². The molecule has 88 valence electrons. The van der Waals surface area contributed by atoms with E-state index < -0.39 is 36.3 Å². The molecule has 8 nitrogen and oxygen atoms in total. The van der Waals surface area contributed by atoms with Crippen molar-refractivity contribution in [2.75, 3.05) is 0 Å². The number of hydrogen-bond acceptors (Lipinski definition) is 4. The first kappa shape index (κ1) is 15.8. The third kappa shape index (κ3) is 6.41. The van der Waals surface area contributed by atoms with Gasteiger partial charge in [0.05, 0.1) is 12.5 Å². The van der Waals surface area contributed by atoms with Crippen LogP contribution >= 0.6 is 0 Å². The summed E-state index contributed by atoms with van der Waals surface area (Å²) in [5, 5.41) is 10.5. The molecule has 0 spiro atoms. The number of nitrogens with one attached hydrogen (secondary N) is 1. The Hall–Kier alpha value is -1.67. The van der Waals surface area contributed by atoms with E-state index in [9.17, 15) is 14.4 Å². The lowest BCUT2D eigenvalue weighted by Crippen LogP contribution is -2.49. The van der Waals surface area contributed by atoms with Crippen LogP contribution in [-0.4, -0.2) is 40.5 Å². The SMILES string of the molecule is C[C@@H](NC(=O)[C@@H](N)CC(=O)O)C(N)=O.O. The lowest BCUT2D eigenvalue weighted by atomic mass is 10.2. The molecule has 0 bridgehead atoms. The lowest BCUT2D eigenvalue weighted by Gasteiger charge is -2.13. The molecule has 0 saturated carbocycles. The van der Waals surface area contributed by atoms with Crippen LogP contribution in [0.2, 0.25) is 0 Å². The molecule has 2 amide bonds. The van der Waals surface area contributed by atoms with Gasteiger partial charge < -0.3 is 27.4 Å². The van der Waals surface area contributed by atoms with Crippen LogP contribution in [-0.2, 0) is 14.4 Å². The van der Waals surface area contributed by atoms with Crippen LogP contribution in [0.4, 0.5) is 0 Å². The zero-order chi connectivity index (χ0) is 11.3. The minimum absolute atomic E-state index is 0.